The van der Waals surface area contributed by atoms with Gasteiger partial charge in [0.2, 0.25) is 0 Å². The van der Waals surface area contributed by atoms with E-state index in [4.69, 9.17) is 5.11 Å². The number of carboxylic acid groups (broad SMARTS) is 1. The maximum absolute atomic E-state index is 13.8. The van der Waals surface area contributed by atoms with Crippen LogP contribution in [0.5, 0.6) is 0 Å². The van der Waals surface area contributed by atoms with Crippen LogP contribution in [-0.2, 0) is 0 Å². The standard InChI is InChI=1S/C13H16FNO2/c1-9-4-3-7-15(8-9)12-10(13(16)17)5-2-6-11(12)14/h2,5-6,9H,3-4,7-8H2,1H3,(H,16,17). The smallest absolute Gasteiger partial charge is 0.337 e. The lowest BCUT2D eigenvalue weighted by atomic mass is 9.98. The number of rotatable bonds is 2. The largest absolute Gasteiger partial charge is 0.478 e. The summed E-state index contributed by atoms with van der Waals surface area (Å²) in [6.07, 6.45) is 2.10. The second-order valence-corrected chi connectivity index (χ2v) is 4.63. The Morgan fingerprint density at radius 3 is 2.94 bits per heavy atom. The Labute approximate surface area is 99.9 Å². The Bertz CT molecular complexity index is 433. The van der Waals surface area contributed by atoms with Crippen molar-refractivity contribution < 1.29 is 14.3 Å². The van der Waals surface area contributed by atoms with Gasteiger partial charge < -0.3 is 10.0 Å². The summed E-state index contributed by atoms with van der Waals surface area (Å²) in [6, 6.07) is 4.22. The summed E-state index contributed by atoms with van der Waals surface area (Å²) in [4.78, 5) is 13.0. The van der Waals surface area contributed by atoms with Crippen LogP contribution in [-0.4, -0.2) is 24.2 Å². The fourth-order valence-corrected chi connectivity index (χ4v) is 2.40. The number of halogens is 1. The third-order valence-electron chi connectivity index (χ3n) is 3.19. The zero-order valence-corrected chi connectivity index (χ0v) is 9.82. The van der Waals surface area contributed by atoms with Gasteiger partial charge in [-0.05, 0) is 30.9 Å². The molecule has 0 aliphatic carbocycles. The van der Waals surface area contributed by atoms with E-state index in [0.717, 1.165) is 25.9 Å². The summed E-state index contributed by atoms with van der Waals surface area (Å²) in [5, 5.41) is 9.09. The van der Waals surface area contributed by atoms with E-state index in [-0.39, 0.29) is 11.3 Å². The average Bonchev–Trinajstić information content (AvgIpc) is 2.28. The summed E-state index contributed by atoms with van der Waals surface area (Å²) >= 11 is 0. The average molecular weight is 237 g/mol. The van der Waals surface area contributed by atoms with Gasteiger partial charge >= 0.3 is 5.97 Å². The van der Waals surface area contributed by atoms with Crippen molar-refractivity contribution in [2.75, 3.05) is 18.0 Å². The second kappa shape index (κ2) is 4.73. The van der Waals surface area contributed by atoms with E-state index in [1.54, 1.807) is 0 Å². The highest BCUT2D eigenvalue weighted by atomic mass is 19.1. The predicted molar refractivity (Wildman–Crippen MR) is 64.0 cm³/mol. The van der Waals surface area contributed by atoms with Gasteiger partial charge in [0, 0.05) is 13.1 Å². The molecule has 0 spiro atoms. The summed E-state index contributed by atoms with van der Waals surface area (Å²) in [6.45, 7) is 3.56. The van der Waals surface area contributed by atoms with Crippen LogP contribution in [0.1, 0.15) is 30.1 Å². The number of carboxylic acids is 1. The van der Waals surface area contributed by atoms with Crippen molar-refractivity contribution in [3.63, 3.8) is 0 Å². The number of carbonyl (C=O) groups is 1. The Balaban J connectivity index is 2.39. The van der Waals surface area contributed by atoms with E-state index in [1.807, 2.05) is 4.90 Å². The van der Waals surface area contributed by atoms with Crippen LogP contribution in [0.15, 0.2) is 18.2 Å². The maximum Gasteiger partial charge on any atom is 0.337 e. The van der Waals surface area contributed by atoms with Crippen LogP contribution in [0.25, 0.3) is 0 Å². The van der Waals surface area contributed by atoms with Crippen LogP contribution < -0.4 is 4.90 Å². The maximum atomic E-state index is 13.8. The van der Waals surface area contributed by atoms with E-state index in [9.17, 15) is 9.18 Å². The van der Waals surface area contributed by atoms with E-state index in [2.05, 4.69) is 6.92 Å². The highest BCUT2D eigenvalue weighted by Crippen LogP contribution is 2.28. The highest BCUT2D eigenvalue weighted by Gasteiger charge is 2.24. The molecule has 1 atom stereocenters. The molecule has 1 unspecified atom stereocenters. The molecule has 1 N–H and O–H groups in total. The van der Waals surface area contributed by atoms with Crippen molar-refractivity contribution in [2.24, 2.45) is 5.92 Å². The molecular weight excluding hydrogens is 221 g/mol. The summed E-state index contributed by atoms with van der Waals surface area (Å²) in [7, 11) is 0. The van der Waals surface area contributed by atoms with Crippen molar-refractivity contribution in [1.29, 1.82) is 0 Å². The number of hydrogen-bond donors (Lipinski definition) is 1. The van der Waals surface area contributed by atoms with Crippen LogP contribution in [0.2, 0.25) is 0 Å². The Hall–Kier alpha value is -1.58. The van der Waals surface area contributed by atoms with Gasteiger partial charge in [-0.1, -0.05) is 13.0 Å². The van der Waals surface area contributed by atoms with Gasteiger partial charge in [0.15, 0.2) is 0 Å². The van der Waals surface area contributed by atoms with E-state index < -0.39 is 11.8 Å². The van der Waals surface area contributed by atoms with Crippen molar-refractivity contribution in [3.8, 4) is 0 Å². The molecule has 1 aromatic carbocycles. The van der Waals surface area contributed by atoms with Crippen molar-refractivity contribution in [3.05, 3.63) is 29.6 Å². The van der Waals surface area contributed by atoms with Gasteiger partial charge in [-0.3, -0.25) is 0 Å². The molecule has 3 nitrogen and oxygen atoms in total. The Morgan fingerprint density at radius 1 is 1.53 bits per heavy atom. The van der Waals surface area contributed by atoms with Crippen molar-refractivity contribution in [1.82, 2.24) is 0 Å². The lowest BCUT2D eigenvalue weighted by Crippen LogP contribution is -2.35. The molecule has 1 saturated heterocycles. The van der Waals surface area contributed by atoms with Crippen LogP contribution >= 0.6 is 0 Å². The topological polar surface area (TPSA) is 40.5 Å². The lowest BCUT2D eigenvalue weighted by Gasteiger charge is -2.33. The lowest BCUT2D eigenvalue weighted by molar-refractivity contribution is 0.0697. The molecule has 2 rings (SSSR count). The van der Waals surface area contributed by atoms with Crippen molar-refractivity contribution in [2.45, 2.75) is 19.8 Å². The number of para-hydroxylation sites is 1. The molecule has 1 aliphatic heterocycles. The number of aromatic carboxylic acids is 1. The third kappa shape index (κ3) is 2.40. The van der Waals surface area contributed by atoms with Gasteiger partial charge in [-0.15, -0.1) is 0 Å². The first-order chi connectivity index (χ1) is 8.09. The first kappa shape index (κ1) is 11.9. The summed E-state index contributed by atoms with van der Waals surface area (Å²) < 4.78 is 13.8. The number of nitrogens with zero attached hydrogens (tertiary/aromatic N) is 1. The van der Waals surface area contributed by atoms with E-state index in [1.165, 1.54) is 18.2 Å². The summed E-state index contributed by atoms with van der Waals surface area (Å²) in [5.74, 6) is -1.04. The Morgan fingerprint density at radius 2 is 2.29 bits per heavy atom. The Kier molecular flexibility index (Phi) is 3.31. The third-order valence-corrected chi connectivity index (χ3v) is 3.19. The second-order valence-electron chi connectivity index (χ2n) is 4.63. The quantitative estimate of drug-likeness (QED) is 0.859. The van der Waals surface area contributed by atoms with Gasteiger partial charge in [-0.25, -0.2) is 9.18 Å². The zero-order valence-electron chi connectivity index (χ0n) is 9.82. The van der Waals surface area contributed by atoms with Crippen LogP contribution in [0.4, 0.5) is 10.1 Å². The minimum atomic E-state index is -1.07. The number of benzene rings is 1. The number of hydrogen-bond acceptors (Lipinski definition) is 2. The molecule has 4 heteroatoms. The molecule has 1 heterocycles. The SMILES string of the molecule is CC1CCCN(c2c(F)cccc2C(=O)O)C1. The van der Waals surface area contributed by atoms with Gasteiger partial charge in [0.1, 0.15) is 5.82 Å². The minimum absolute atomic E-state index is 0.0547. The van der Waals surface area contributed by atoms with Crippen LogP contribution in [0.3, 0.4) is 0 Å². The molecule has 0 aromatic heterocycles. The van der Waals surface area contributed by atoms with Gasteiger partial charge in [0.25, 0.3) is 0 Å². The number of anilines is 1. The van der Waals surface area contributed by atoms with Gasteiger partial charge in [0.05, 0.1) is 11.3 Å². The highest BCUT2D eigenvalue weighted by molar-refractivity contribution is 5.94. The first-order valence-corrected chi connectivity index (χ1v) is 5.86. The first-order valence-electron chi connectivity index (χ1n) is 5.86. The monoisotopic (exact) mass is 237 g/mol. The normalized spacial score (nSPS) is 20.4. The van der Waals surface area contributed by atoms with E-state index in [0.29, 0.717) is 5.92 Å². The number of piperidine rings is 1. The molecular formula is C13H16FNO2. The van der Waals surface area contributed by atoms with Crippen molar-refractivity contribution >= 4 is 11.7 Å². The van der Waals surface area contributed by atoms with Crippen LogP contribution in [0, 0.1) is 11.7 Å². The van der Waals surface area contributed by atoms with Gasteiger partial charge in [-0.2, -0.15) is 0 Å². The van der Waals surface area contributed by atoms with E-state index >= 15 is 0 Å². The molecule has 1 aromatic rings. The molecule has 0 radical (unpaired) electrons. The molecule has 0 saturated carbocycles. The molecule has 1 fully saturated rings. The molecule has 1 aliphatic rings. The summed E-state index contributed by atoms with van der Waals surface area (Å²) in [5.41, 5.74) is 0.297. The molecule has 92 valence electrons. The fraction of sp³-hybridized carbons (Fsp3) is 0.462. The molecule has 0 amide bonds. The predicted octanol–water partition coefficient (Wildman–Crippen LogP) is 2.76. The zero-order chi connectivity index (χ0) is 12.4. The minimum Gasteiger partial charge on any atom is -0.478 e. The molecule has 17 heavy (non-hydrogen) atoms. The fourth-order valence-electron chi connectivity index (χ4n) is 2.40. The molecule has 0 bridgehead atoms.